The van der Waals surface area contributed by atoms with Crippen LogP contribution in [0.4, 0.5) is 0 Å². The van der Waals surface area contributed by atoms with Crippen LogP contribution in [0.5, 0.6) is 0 Å². The van der Waals surface area contributed by atoms with Crippen LogP contribution in [0, 0.1) is 0 Å². The van der Waals surface area contributed by atoms with Gasteiger partial charge >= 0.3 is 0 Å². The number of carbonyl (C=O) groups excluding carboxylic acids is 2. The van der Waals surface area contributed by atoms with Crippen molar-refractivity contribution < 1.29 is 9.59 Å². The fourth-order valence-electron chi connectivity index (χ4n) is 3.37. The number of H-pyrrole nitrogens is 1. The summed E-state index contributed by atoms with van der Waals surface area (Å²) in [4.78, 5) is 43.6. The second-order valence-corrected chi connectivity index (χ2v) is 6.55. The number of amides is 2. The molecule has 1 saturated heterocycles. The van der Waals surface area contributed by atoms with E-state index >= 15 is 0 Å². The van der Waals surface area contributed by atoms with Gasteiger partial charge in [-0.3, -0.25) is 14.4 Å². The highest BCUT2D eigenvalue weighted by molar-refractivity contribution is 5.97. The Balaban J connectivity index is 1.48. The summed E-state index contributed by atoms with van der Waals surface area (Å²) in [5, 5.41) is 1.30. The SMILES string of the molecule is O=C(c1ccccc1)N1CCN(C(=O)c2cc3ccccc3c(=O)[nH]2)CC1. The van der Waals surface area contributed by atoms with Crippen molar-refractivity contribution in [2.75, 3.05) is 26.2 Å². The molecule has 4 rings (SSSR count). The van der Waals surface area contributed by atoms with Gasteiger partial charge < -0.3 is 14.8 Å². The number of pyridine rings is 1. The normalized spacial score (nSPS) is 14.4. The highest BCUT2D eigenvalue weighted by atomic mass is 16.2. The number of hydrogen-bond donors (Lipinski definition) is 1. The summed E-state index contributed by atoms with van der Waals surface area (Å²) in [5.41, 5.74) is 0.659. The lowest BCUT2D eigenvalue weighted by atomic mass is 10.1. The van der Waals surface area contributed by atoms with Crippen LogP contribution in [0.2, 0.25) is 0 Å². The Kier molecular flexibility index (Phi) is 4.46. The van der Waals surface area contributed by atoms with E-state index in [2.05, 4.69) is 4.98 Å². The predicted octanol–water partition coefficient (Wildman–Crippen LogP) is 2.13. The van der Waals surface area contributed by atoms with Gasteiger partial charge in [-0.1, -0.05) is 36.4 Å². The topological polar surface area (TPSA) is 73.5 Å². The fourth-order valence-corrected chi connectivity index (χ4v) is 3.37. The minimum atomic E-state index is -0.269. The molecule has 1 aromatic heterocycles. The number of aromatic nitrogens is 1. The molecule has 6 nitrogen and oxygen atoms in total. The van der Waals surface area contributed by atoms with E-state index in [1.807, 2.05) is 30.3 Å². The molecule has 2 heterocycles. The van der Waals surface area contributed by atoms with Crippen molar-refractivity contribution in [2.45, 2.75) is 0 Å². The molecule has 6 heteroatoms. The number of piperazine rings is 1. The Bertz CT molecular complexity index is 1050. The van der Waals surface area contributed by atoms with Crippen LogP contribution in [-0.4, -0.2) is 52.8 Å². The van der Waals surface area contributed by atoms with Gasteiger partial charge in [-0.05, 0) is 29.7 Å². The standard InChI is InChI=1S/C21H19N3O3/c25-19-17-9-5-4-8-16(17)14-18(22-19)21(27)24-12-10-23(11-13-24)20(26)15-6-2-1-3-7-15/h1-9,14H,10-13H2,(H,22,25). The molecule has 3 aromatic rings. The zero-order valence-corrected chi connectivity index (χ0v) is 14.7. The molecule has 0 bridgehead atoms. The lowest BCUT2D eigenvalue weighted by molar-refractivity contribution is 0.0532. The Morgan fingerprint density at radius 2 is 1.37 bits per heavy atom. The number of nitrogens with one attached hydrogen (secondary N) is 1. The first-order valence-electron chi connectivity index (χ1n) is 8.89. The van der Waals surface area contributed by atoms with Crippen molar-refractivity contribution in [3.8, 4) is 0 Å². The molecule has 0 atom stereocenters. The number of fused-ring (bicyclic) bond motifs is 1. The Labute approximate surface area is 156 Å². The Morgan fingerprint density at radius 3 is 2.07 bits per heavy atom. The van der Waals surface area contributed by atoms with Gasteiger partial charge in [-0.15, -0.1) is 0 Å². The van der Waals surface area contributed by atoms with Crippen molar-refractivity contribution in [2.24, 2.45) is 0 Å². The van der Waals surface area contributed by atoms with E-state index in [0.29, 0.717) is 37.1 Å². The molecule has 1 N–H and O–H groups in total. The maximum absolute atomic E-state index is 12.8. The van der Waals surface area contributed by atoms with Gasteiger partial charge in [0.15, 0.2) is 0 Å². The van der Waals surface area contributed by atoms with Gasteiger partial charge in [0.05, 0.1) is 0 Å². The van der Waals surface area contributed by atoms with Gasteiger partial charge in [-0.25, -0.2) is 0 Å². The number of nitrogens with zero attached hydrogens (tertiary/aromatic N) is 2. The minimum absolute atomic E-state index is 0.0261. The highest BCUT2D eigenvalue weighted by Crippen LogP contribution is 2.14. The van der Waals surface area contributed by atoms with Crippen LogP contribution in [0.25, 0.3) is 10.8 Å². The van der Waals surface area contributed by atoms with Crippen molar-refractivity contribution in [3.63, 3.8) is 0 Å². The van der Waals surface area contributed by atoms with E-state index in [-0.39, 0.29) is 23.1 Å². The molecule has 0 aliphatic carbocycles. The lowest BCUT2D eigenvalue weighted by Crippen LogP contribution is -2.50. The molecular formula is C21H19N3O3. The van der Waals surface area contributed by atoms with E-state index in [0.717, 1.165) is 5.39 Å². The molecule has 27 heavy (non-hydrogen) atoms. The first-order chi connectivity index (χ1) is 13.1. The number of carbonyl (C=O) groups is 2. The van der Waals surface area contributed by atoms with E-state index < -0.39 is 0 Å². The van der Waals surface area contributed by atoms with Crippen molar-refractivity contribution >= 4 is 22.6 Å². The van der Waals surface area contributed by atoms with Gasteiger partial charge in [0.1, 0.15) is 5.69 Å². The smallest absolute Gasteiger partial charge is 0.270 e. The van der Waals surface area contributed by atoms with Crippen LogP contribution >= 0.6 is 0 Å². The average Bonchev–Trinajstić information content (AvgIpc) is 2.73. The van der Waals surface area contributed by atoms with Crippen LogP contribution in [0.15, 0.2) is 65.5 Å². The third-order valence-electron chi connectivity index (χ3n) is 4.86. The molecule has 1 aliphatic heterocycles. The quantitative estimate of drug-likeness (QED) is 0.760. The number of hydrogen-bond acceptors (Lipinski definition) is 3. The van der Waals surface area contributed by atoms with Gasteiger partial charge in [-0.2, -0.15) is 0 Å². The molecule has 136 valence electrons. The van der Waals surface area contributed by atoms with Crippen LogP contribution in [-0.2, 0) is 0 Å². The van der Waals surface area contributed by atoms with Gasteiger partial charge in [0.2, 0.25) is 0 Å². The van der Waals surface area contributed by atoms with E-state index in [4.69, 9.17) is 0 Å². The molecule has 0 radical (unpaired) electrons. The molecule has 0 spiro atoms. The Hall–Kier alpha value is -3.41. The van der Waals surface area contributed by atoms with Crippen LogP contribution in [0.3, 0.4) is 0 Å². The van der Waals surface area contributed by atoms with Gasteiger partial charge in [0.25, 0.3) is 17.4 Å². The van der Waals surface area contributed by atoms with E-state index in [1.54, 1.807) is 40.1 Å². The third-order valence-corrected chi connectivity index (χ3v) is 4.86. The first-order valence-corrected chi connectivity index (χ1v) is 8.89. The van der Waals surface area contributed by atoms with E-state index in [1.165, 1.54) is 0 Å². The largest absolute Gasteiger partial charge is 0.335 e. The zero-order chi connectivity index (χ0) is 18.8. The summed E-state index contributed by atoms with van der Waals surface area (Å²) < 4.78 is 0. The highest BCUT2D eigenvalue weighted by Gasteiger charge is 2.26. The average molecular weight is 361 g/mol. The second-order valence-electron chi connectivity index (χ2n) is 6.55. The van der Waals surface area contributed by atoms with Crippen molar-refractivity contribution in [3.05, 3.63) is 82.3 Å². The predicted molar refractivity (Wildman–Crippen MR) is 103 cm³/mol. The molecule has 2 amide bonds. The van der Waals surface area contributed by atoms with Crippen LogP contribution < -0.4 is 5.56 Å². The summed E-state index contributed by atoms with van der Waals surface area (Å²) >= 11 is 0. The molecular weight excluding hydrogens is 342 g/mol. The van der Waals surface area contributed by atoms with Crippen molar-refractivity contribution in [1.82, 2.24) is 14.8 Å². The molecule has 1 aliphatic rings. The minimum Gasteiger partial charge on any atom is -0.335 e. The molecule has 1 fully saturated rings. The maximum Gasteiger partial charge on any atom is 0.270 e. The fraction of sp³-hybridized carbons (Fsp3) is 0.190. The second kappa shape index (κ2) is 7.07. The zero-order valence-electron chi connectivity index (χ0n) is 14.7. The monoisotopic (exact) mass is 361 g/mol. The molecule has 0 saturated carbocycles. The number of aromatic amines is 1. The maximum atomic E-state index is 12.8. The van der Waals surface area contributed by atoms with E-state index in [9.17, 15) is 14.4 Å². The summed E-state index contributed by atoms with van der Waals surface area (Å²) in [7, 11) is 0. The number of rotatable bonds is 2. The summed E-state index contributed by atoms with van der Waals surface area (Å²) in [6.45, 7) is 1.81. The third kappa shape index (κ3) is 3.33. The number of benzene rings is 2. The first kappa shape index (κ1) is 17.0. The van der Waals surface area contributed by atoms with Gasteiger partial charge in [0, 0.05) is 37.1 Å². The summed E-state index contributed by atoms with van der Waals surface area (Å²) in [6.07, 6.45) is 0. The summed E-state index contributed by atoms with van der Waals surface area (Å²) in [5.74, 6) is -0.244. The van der Waals surface area contributed by atoms with Crippen molar-refractivity contribution in [1.29, 1.82) is 0 Å². The summed E-state index contributed by atoms with van der Waals surface area (Å²) in [6, 6.07) is 18.0. The Morgan fingerprint density at radius 1 is 0.778 bits per heavy atom. The van der Waals surface area contributed by atoms with Crippen LogP contribution in [0.1, 0.15) is 20.8 Å². The molecule has 2 aromatic carbocycles. The lowest BCUT2D eigenvalue weighted by Gasteiger charge is -2.34. The molecule has 0 unspecified atom stereocenters.